The van der Waals surface area contributed by atoms with Crippen molar-refractivity contribution in [2.24, 2.45) is 13.0 Å². The van der Waals surface area contributed by atoms with Crippen LogP contribution in [-0.4, -0.2) is 45.5 Å². The first kappa shape index (κ1) is 17.2. The van der Waals surface area contributed by atoms with Crippen LogP contribution in [0.3, 0.4) is 0 Å². The molecule has 2 heterocycles. The van der Waals surface area contributed by atoms with Crippen molar-refractivity contribution in [1.29, 1.82) is 0 Å². The Balaban J connectivity index is 0.000000304. The van der Waals surface area contributed by atoms with Crippen molar-refractivity contribution in [2.45, 2.75) is 39.2 Å². The molecule has 1 saturated heterocycles. The van der Waals surface area contributed by atoms with E-state index < -0.39 is 5.60 Å². The van der Waals surface area contributed by atoms with E-state index in [1.807, 2.05) is 38.6 Å². The summed E-state index contributed by atoms with van der Waals surface area (Å²) < 4.78 is 7.13. The lowest BCUT2D eigenvalue weighted by molar-refractivity contribution is -0.112. The van der Waals surface area contributed by atoms with Crippen LogP contribution in [0, 0.1) is 5.92 Å². The molecular weight excluding hydrogens is 270 g/mol. The second kappa shape index (κ2) is 7.81. The summed E-state index contributed by atoms with van der Waals surface area (Å²) in [6, 6.07) is 0. The Bertz CT molecular complexity index is 430. The molecule has 1 fully saturated rings. The number of aryl methyl sites for hydroxylation is 1. The van der Waals surface area contributed by atoms with E-state index in [1.165, 1.54) is 0 Å². The lowest BCUT2D eigenvalue weighted by Crippen LogP contribution is -2.41. The molecule has 0 saturated carbocycles. The number of ether oxygens (including phenoxy) is 1. The minimum Gasteiger partial charge on any atom is -0.444 e. The van der Waals surface area contributed by atoms with Gasteiger partial charge in [-0.3, -0.25) is 0 Å². The fraction of sp³-hybridized carbons (Fsp3) is 0.667. The average molecular weight is 295 g/mol. The second-order valence-corrected chi connectivity index (χ2v) is 6.17. The Morgan fingerprint density at radius 3 is 2.29 bits per heavy atom. The number of carbonyl (C=O) groups is 2. The number of aldehydes is 1. The van der Waals surface area contributed by atoms with Crippen LogP contribution < -0.4 is 0 Å². The van der Waals surface area contributed by atoms with E-state index in [9.17, 15) is 9.59 Å². The van der Waals surface area contributed by atoms with E-state index in [0.29, 0.717) is 13.1 Å². The molecule has 1 aromatic rings. The lowest BCUT2D eigenvalue weighted by atomic mass is 9.99. The van der Waals surface area contributed by atoms with Gasteiger partial charge in [0.05, 0.1) is 6.33 Å². The standard InChI is InChI=1S/C11H19NO3.C4H6N2/c1-11(2,3)15-10(14)12-6-4-9(8-13)5-7-12;1-6-3-2-5-4-6/h8-9H,4-7H2,1-3H3;2-4H,1H3. The van der Waals surface area contributed by atoms with Gasteiger partial charge in [-0.2, -0.15) is 0 Å². The molecule has 0 aliphatic carbocycles. The largest absolute Gasteiger partial charge is 0.444 e. The van der Waals surface area contributed by atoms with Crippen molar-refractivity contribution in [2.75, 3.05) is 13.1 Å². The number of nitrogens with zero attached hydrogens (tertiary/aromatic N) is 3. The minimum atomic E-state index is -0.446. The highest BCUT2D eigenvalue weighted by atomic mass is 16.6. The molecule has 1 amide bonds. The molecule has 0 spiro atoms. The van der Waals surface area contributed by atoms with E-state index in [-0.39, 0.29) is 12.0 Å². The van der Waals surface area contributed by atoms with Crippen LogP contribution in [0.1, 0.15) is 33.6 Å². The van der Waals surface area contributed by atoms with Gasteiger partial charge in [0.15, 0.2) is 0 Å². The van der Waals surface area contributed by atoms with E-state index >= 15 is 0 Å². The Kier molecular flexibility index (Phi) is 6.39. The molecule has 6 nitrogen and oxygen atoms in total. The molecule has 0 N–H and O–H groups in total. The van der Waals surface area contributed by atoms with Crippen LogP contribution in [-0.2, 0) is 16.6 Å². The minimum absolute atomic E-state index is 0.115. The topological polar surface area (TPSA) is 64.4 Å². The van der Waals surface area contributed by atoms with Gasteiger partial charge in [-0.1, -0.05) is 0 Å². The van der Waals surface area contributed by atoms with E-state index in [4.69, 9.17) is 4.74 Å². The van der Waals surface area contributed by atoms with E-state index in [2.05, 4.69) is 4.98 Å². The van der Waals surface area contributed by atoms with Crippen LogP contribution in [0.15, 0.2) is 18.7 Å². The summed E-state index contributed by atoms with van der Waals surface area (Å²) in [5, 5.41) is 0. The molecule has 0 bridgehead atoms. The molecule has 0 atom stereocenters. The Morgan fingerprint density at radius 1 is 1.33 bits per heavy atom. The predicted molar refractivity (Wildman–Crippen MR) is 79.8 cm³/mol. The van der Waals surface area contributed by atoms with Gasteiger partial charge in [-0.25, -0.2) is 9.78 Å². The van der Waals surface area contributed by atoms with Crippen molar-refractivity contribution in [3.63, 3.8) is 0 Å². The number of hydrogen-bond donors (Lipinski definition) is 0. The lowest BCUT2D eigenvalue weighted by Gasteiger charge is -2.31. The van der Waals surface area contributed by atoms with Crippen molar-refractivity contribution in [3.8, 4) is 0 Å². The summed E-state index contributed by atoms with van der Waals surface area (Å²) in [5.41, 5.74) is -0.446. The number of amides is 1. The third-order valence-electron chi connectivity index (χ3n) is 3.02. The summed E-state index contributed by atoms with van der Waals surface area (Å²) in [6.07, 6.45) is 7.60. The van der Waals surface area contributed by atoms with Crippen molar-refractivity contribution in [1.82, 2.24) is 14.5 Å². The highest BCUT2D eigenvalue weighted by molar-refractivity contribution is 5.68. The molecule has 2 rings (SSSR count). The van der Waals surface area contributed by atoms with Gasteiger partial charge >= 0.3 is 6.09 Å². The first-order valence-corrected chi connectivity index (χ1v) is 7.17. The number of hydrogen-bond acceptors (Lipinski definition) is 4. The maximum absolute atomic E-state index is 11.6. The van der Waals surface area contributed by atoms with Crippen molar-refractivity contribution in [3.05, 3.63) is 18.7 Å². The van der Waals surface area contributed by atoms with E-state index in [1.54, 1.807) is 17.4 Å². The molecule has 21 heavy (non-hydrogen) atoms. The molecule has 0 unspecified atom stereocenters. The van der Waals surface area contributed by atoms with Gasteiger partial charge in [0.25, 0.3) is 0 Å². The average Bonchev–Trinajstić information content (AvgIpc) is 2.89. The normalized spacial score (nSPS) is 15.9. The number of aromatic nitrogens is 2. The Labute approximate surface area is 126 Å². The molecule has 1 aromatic heterocycles. The van der Waals surface area contributed by atoms with E-state index in [0.717, 1.165) is 19.1 Å². The van der Waals surface area contributed by atoms with Crippen molar-refractivity contribution >= 4 is 12.4 Å². The van der Waals surface area contributed by atoms with Gasteiger partial charge in [-0.15, -0.1) is 0 Å². The predicted octanol–water partition coefficient (Wildman–Crippen LogP) is 2.25. The first-order chi connectivity index (χ1) is 9.81. The maximum Gasteiger partial charge on any atom is 0.410 e. The monoisotopic (exact) mass is 295 g/mol. The zero-order valence-corrected chi connectivity index (χ0v) is 13.3. The second-order valence-electron chi connectivity index (χ2n) is 6.17. The Morgan fingerprint density at radius 2 is 1.95 bits per heavy atom. The van der Waals surface area contributed by atoms with Gasteiger partial charge in [-0.05, 0) is 33.6 Å². The van der Waals surface area contributed by atoms with Crippen LogP contribution in [0.4, 0.5) is 4.79 Å². The third-order valence-corrected chi connectivity index (χ3v) is 3.02. The number of imidazole rings is 1. The molecule has 0 aromatic carbocycles. The summed E-state index contributed by atoms with van der Waals surface area (Å²) in [5.74, 6) is 0.115. The quantitative estimate of drug-likeness (QED) is 0.745. The summed E-state index contributed by atoms with van der Waals surface area (Å²) in [6.45, 7) is 6.80. The Hall–Kier alpha value is -1.85. The third kappa shape index (κ3) is 6.92. The van der Waals surface area contributed by atoms with Crippen LogP contribution in [0.25, 0.3) is 0 Å². The highest BCUT2D eigenvalue weighted by Crippen LogP contribution is 2.17. The molecule has 1 aliphatic heterocycles. The molecule has 118 valence electrons. The SMILES string of the molecule is CC(C)(C)OC(=O)N1CCC(C=O)CC1.Cn1ccnc1. The van der Waals surface area contributed by atoms with Gasteiger partial charge in [0.1, 0.15) is 11.9 Å². The smallest absolute Gasteiger partial charge is 0.410 e. The number of carbonyl (C=O) groups excluding carboxylic acids is 2. The van der Waals surface area contributed by atoms with Crippen molar-refractivity contribution < 1.29 is 14.3 Å². The molecule has 0 radical (unpaired) electrons. The number of rotatable bonds is 1. The van der Waals surface area contributed by atoms with Gasteiger partial charge < -0.3 is 19.0 Å². The molecular formula is C15H25N3O3. The van der Waals surface area contributed by atoms with Gasteiger partial charge in [0.2, 0.25) is 0 Å². The molecule has 1 aliphatic rings. The van der Waals surface area contributed by atoms with Gasteiger partial charge in [0, 0.05) is 38.4 Å². The van der Waals surface area contributed by atoms with Crippen LogP contribution in [0.2, 0.25) is 0 Å². The maximum atomic E-state index is 11.6. The fourth-order valence-corrected chi connectivity index (χ4v) is 1.87. The highest BCUT2D eigenvalue weighted by Gasteiger charge is 2.26. The van der Waals surface area contributed by atoms with Crippen LogP contribution >= 0.6 is 0 Å². The zero-order chi connectivity index (χ0) is 15.9. The first-order valence-electron chi connectivity index (χ1n) is 7.17. The fourth-order valence-electron chi connectivity index (χ4n) is 1.87. The number of piperidine rings is 1. The number of likely N-dealkylation sites (tertiary alicyclic amines) is 1. The zero-order valence-electron chi connectivity index (χ0n) is 13.3. The molecule has 6 heteroatoms. The summed E-state index contributed by atoms with van der Waals surface area (Å²) in [7, 11) is 1.94. The summed E-state index contributed by atoms with van der Waals surface area (Å²) >= 11 is 0. The van der Waals surface area contributed by atoms with Crippen LogP contribution in [0.5, 0.6) is 0 Å². The summed E-state index contributed by atoms with van der Waals surface area (Å²) in [4.78, 5) is 27.6.